The van der Waals surface area contributed by atoms with E-state index in [0.29, 0.717) is 0 Å². The highest BCUT2D eigenvalue weighted by Crippen LogP contribution is 2.21. The maximum atomic E-state index is 4.50. The van der Waals surface area contributed by atoms with Crippen molar-refractivity contribution in [1.29, 1.82) is 0 Å². The van der Waals surface area contributed by atoms with E-state index in [-0.39, 0.29) is 0 Å². The van der Waals surface area contributed by atoms with E-state index < -0.39 is 0 Å². The molecule has 1 saturated heterocycles. The van der Waals surface area contributed by atoms with Gasteiger partial charge in [0.05, 0.1) is 0 Å². The Balaban J connectivity index is 1.50. The number of rotatable bonds is 7. The molecular weight excluding hydrogens is 274 g/mol. The van der Waals surface area contributed by atoms with Gasteiger partial charge in [-0.05, 0) is 44.2 Å². The summed E-state index contributed by atoms with van der Waals surface area (Å²) in [6.07, 6.45) is 11.1. The van der Waals surface area contributed by atoms with Crippen molar-refractivity contribution in [3.05, 3.63) is 35.7 Å². The third-order valence-electron chi connectivity index (χ3n) is 4.51. The van der Waals surface area contributed by atoms with Crippen molar-refractivity contribution in [2.75, 3.05) is 13.1 Å². The fourth-order valence-electron chi connectivity index (χ4n) is 3.37. The van der Waals surface area contributed by atoms with E-state index in [1.54, 1.807) is 0 Å². The minimum absolute atomic E-state index is 0.733. The number of nitrogens with zero attached hydrogens (tertiary/aromatic N) is 3. The number of H-pyrrole nitrogens is 2. The van der Waals surface area contributed by atoms with Crippen LogP contribution in [0.25, 0.3) is 0 Å². The molecule has 1 unspecified atom stereocenters. The lowest BCUT2D eigenvalue weighted by Crippen LogP contribution is -2.35. The number of likely N-dealkylation sites (tertiary alicyclic amines) is 1. The summed E-state index contributed by atoms with van der Waals surface area (Å²) in [6, 6.07) is 2.09. The van der Waals surface area contributed by atoms with Gasteiger partial charge in [0.15, 0.2) is 0 Å². The van der Waals surface area contributed by atoms with Crippen LogP contribution in [0.2, 0.25) is 0 Å². The monoisotopic (exact) mass is 301 g/mol. The summed E-state index contributed by atoms with van der Waals surface area (Å²) >= 11 is 0. The highest BCUT2D eigenvalue weighted by atomic mass is 15.1. The SMILES string of the molecule is CCCCc1ncc(CN2CCCC(Cc3ccn[nH]3)C2)[nH]1. The average Bonchev–Trinajstić information content (AvgIpc) is 3.17. The molecule has 1 aliphatic heterocycles. The summed E-state index contributed by atoms with van der Waals surface area (Å²) < 4.78 is 0. The van der Waals surface area contributed by atoms with Gasteiger partial charge in [-0.3, -0.25) is 10.00 Å². The van der Waals surface area contributed by atoms with E-state index in [4.69, 9.17) is 0 Å². The molecule has 1 aliphatic rings. The molecular formula is C17H27N5. The fraction of sp³-hybridized carbons (Fsp3) is 0.647. The van der Waals surface area contributed by atoms with Crippen molar-refractivity contribution in [3.8, 4) is 0 Å². The highest BCUT2D eigenvalue weighted by molar-refractivity contribution is 5.03. The van der Waals surface area contributed by atoms with E-state index in [1.165, 1.54) is 50.2 Å². The molecule has 0 radical (unpaired) electrons. The summed E-state index contributed by atoms with van der Waals surface area (Å²) in [7, 11) is 0. The molecule has 120 valence electrons. The number of imidazole rings is 1. The third-order valence-corrected chi connectivity index (χ3v) is 4.51. The molecule has 0 amide bonds. The van der Waals surface area contributed by atoms with Gasteiger partial charge in [0.2, 0.25) is 0 Å². The molecule has 5 heteroatoms. The van der Waals surface area contributed by atoms with Gasteiger partial charge in [-0.15, -0.1) is 0 Å². The maximum Gasteiger partial charge on any atom is 0.106 e. The first-order valence-electron chi connectivity index (χ1n) is 8.57. The van der Waals surface area contributed by atoms with Crippen LogP contribution in [0, 0.1) is 5.92 Å². The lowest BCUT2D eigenvalue weighted by Gasteiger charge is -2.32. The predicted molar refractivity (Wildman–Crippen MR) is 87.5 cm³/mol. The number of unbranched alkanes of at least 4 members (excludes halogenated alkanes) is 1. The molecule has 0 spiro atoms. The van der Waals surface area contributed by atoms with Gasteiger partial charge in [0.1, 0.15) is 5.82 Å². The van der Waals surface area contributed by atoms with Crippen molar-refractivity contribution in [2.24, 2.45) is 5.92 Å². The molecule has 22 heavy (non-hydrogen) atoms. The maximum absolute atomic E-state index is 4.50. The molecule has 2 aromatic rings. The van der Waals surface area contributed by atoms with Crippen LogP contribution >= 0.6 is 0 Å². The van der Waals surface area contributed by atoms with Crippen molar-refractivity contribution in [3.63, 3.8) is 0 Å². The molecule has 5 nitrogen and oxygen atoms in total. The van der Waals surface area contributed by atoms with Crippen molar-refractivity contribution in [1.82, 2.24) is 25.1 Å². The zero-order chi connectivity index (χ0) is 15.2. The normalized spacial score (nSPS) is 19.6. The van der Waals surface area contributed by atoms with Crippen LogP contribution in [0.5, 0.6) is 0 Å². The molecule has 0 saturated carbocycles. The van der Waals surface area contributed by atoms with E-state index in [0.717, 1.165) is 31.1 Å². The van der Waals surface area contributed by atoms with E-state index in [1.807, 2.05) is 12.4 Å². The van der Waals surface area contributed by atoms with Crippen LogP contribution in [0.4, 0.5) is 0 Å². The van der Waals surface area contributed by atoms with Crippen LogP contribution in [0.15, 0.2) is 18.5 Å². The Bertz CT molecular complexity index is 545. The second-order valence-corrected chi connectivity index (χ2v) is 6.49. The zero-order valence-electron chi connectivity index (χ0n) is 13.5. The van der Waals surface area contributed by atoms with Gasteiger partial charge >= 0.3 is 0 Å². The summed E-state index contributed by atoms with van der Waals surface area (Å²) in [4.78, 5) is 10.5. The first-order valence-corrected chi connectivity index (χ1v) is 8.57. The summed E-state index contributed by atoms with van der Waals surface area (Å²) in [5.74, 6) is 1.87. The summed E-state index contributed by atoms with van der Waals surface area (Å²) in [5.41, 5.74) is 2.52. The minimum atomic E-state index is 0.733. The Morgan fingerprint density at radius 3 is 3.14 bits per heavy atom. The quantitative estimate of drug-likeness (QED) is 0.826. The molecule has 1 fully saturated rings. The Morgan fingerprint density at radius 1 is 1.36 bits per heavy atom. The average molecular weight is 301 g/mol. The van der Waals surface area contributed by atoms with Crippen LogP contribution in [0.1, 0.15) is 49.8 Å². The van der Waals surface area contributed by atoms with Crippen molar-refractivity contribution in [2.45, 2.75) is 52.0 Å². The second-order valence-electron chi connectivity index (χ2n) is 6.49. The largest absolute Gasteiger partial charge is 0.345 e. The molecule has 3 heterocycles. The number of hydrogen-bond donors (Lipinski definition) is 2. The Morgan fingerprint density at radius 2 is 2.32 bits per heavy atom. The lowest BCUT2D eigenvalue weighted by atomic mass is 9.93. The minimum Gasteiger partial charge on any atom is -0.345 e. The summed E-state index contributed by atoms with van der Waals surface area (Å²) in [6.45, 7) is 5.58. The molecule has 0 bridgehead atoms. The van der Waals surface area contributed by atoms with E-state index in [9.17, 15) is 0 Å². The van der Waals surface area contributed by atoms with Crippen LogP contribution in [-0.4, -0.2) is 38.2 Å². The van der Waals surface area contributed by atoms with Crippen molar-refractivity contribution >= 4 is 0 Å². The first kappa shape index (κ1) is 15.3. The smallest absolute Gasteiger partial charge is 0.106 e. The molecule has 0 aliphatic carbocycles. The molecule has 0 aromatic carbocycles. The van der Waals surface area contributed by atoms with E-state index in [2.05, 4.69) is 38.1 Å². The first-order chi connectivity index (χ1) is 10.8. The van der Waals surface area contributed by atoms with Gasteiger partial charge < -0.3 is 4.98 Å². The Hall–Kier alpha value is -1.62. The molecule has 2 aromatic heterocycles. The molecule has 3 rings (SSSR count). The fourth-order valence-corrected chi connectivity index (χ4v) is 3.37. The van der Waals surface area contributed by atoms with Gasteiger partial charge in [-0.1, -0.05) is 13.3 Å². The van der Waals surface area contributed by atoms with Gasteiger partial charge in [0.25, 0.3) is 0 Å². The van der Waals surface area contributed by atoms with Gasteiger partial charge in [-0.25, -0.2) is 4.98 Å². The highest BCUT2D eigenvalue weighted by Gasteiger charge is 2.21. The molecule has 2 N–H and O–H groups in total. The summed E-state index contributed by atoms with van der Waals surface area (Å²) in [5, 5.41) is 7.14. The van der Waals surface area contributed by atoms with Crippen molar-refractivity contribution < 1.29 is 0 Å². The third kappa shape index (κ3) is 4.19. The van der Waals surface area contributed by atoms with E-state index >= 15 is 0 Å². The van der Waals surface area contributed by atoms with Gasteiger partial charge in [-0.2, -0.15) is 5.10 Å². The zero-order valence-corrected chi connectivity index (χ0v) is 13.5. The van der Waals surface area contributed by atoms with Crippen LogP contribution in [-0.2, 0) is 19.4 Å². The molecule has 1 atom stereocenters. The Kier molecular flexibility index (Phi) is 5.27. The topological polar surface area (TPSA) is 60.6 Å². The second kappa shape index (κ2) is 7.58. The standard InChI is InChI=1S/C17H27N5/c1-2-3-6-17-18-11-16(20-17)13-22-9-4-5-14(12-22)10-15-7-8-19-21-15/h7-8,11,14H,2-6,9-10,12-13H2,1H3,(H,18,20)(H,19,21). The predicted octanol–water partition coefficient (Wildman–Crippen LogP) is 2.93. The number of aromatic amines is 2. The van der Waals surface area contributed by atoms with Crippen LogP contribution < -0.4 is 0 Å². The number of aromatic nitrogens is 4. The van der Waals surface area contributed by atoms with Gasteiger partial charge in [0, 0.05) is 43.3 Å². The number of nitrogens with one attached hydrogen (secondary N) is 2. The van der Waals surface area contributed by atoms with Crippen LogP contribution in [0.3, 0.4) is 0 Å². The number of aryl methyl sites for hydroxylation is 1. The Labute approximate surface area is 132 Å². The number of piperidine rings is 1. The lowest BCUT2D eigenvalue weighted by molar-refractivity contribution is 0.165. The number of hydrogen-bond acceptors (Lipinski definition) is 3.